The molecule has 3 rings (SSSR count). The summed E-state index contributed by atoms with van der Waals surface area (Å²) in [6.07, 6.45) is 4.01. The predicted octanol–water partition coefficient (Wildman–Crippen LogP) is 2.57. The second-order valence-electron chi connectivity index (χ2n) is 6.83. The number of rotatable bonds is 3. The van der Waals surface area contributed by atoms with E-state index in [1.165, 1.54) is 24.0 Å². The SMILES string of the molecule is CC1(C)CCc2ccccc2C1NCC1CCC(=O)N1. The van der Waals surface area contributed by atoms with Crippen molar-refractivity contribution >= 4 is 5.91 Å². The molecular weight excluding hydrogens is 248 g/mol. The Kier molecular flexibility index (Phi) is 3.55. The number of aryl methyl sites for hydroxylation is 1. The lowest BCUT2D eigenvalue weighted by molar-refractivity contribution is -0.119. The average Bonchev–Trinajstić information content (AvgIpc) is 2.83. The molecule has 1 saturated heterocycles. The summed E-state index contributed by atoms with van der Waals surface area (Å²) in [5.41, 5.74) is 3.17. The van der Waals surface area contributed by atoms with E-state index < -0.39 is 0 Å². The van der Waals surface area contributed by atoms with Crippen LogP contribution in [0.5, 0.6) is 0 Å². The van der Waals surface area contributed by atoms with Crippen molar-refractivity contribution < 1.29 is 4.79 Å². The van der Waals surface area contributed by atoms with Gasteiger partial charge in [0.1, 0.15) is 0 Å². The highest BCUT2D eigenvalue weighted by molar-refractivity contribution is 5.78. The van der Waals surface area contributed by atoms with Gasteiger partial charge in [-0.1, -0.05) is 38.1 Å². The van der Waals surface area contributed by atoms with Crippen molar-refractivity contribution in [3.8, 4) is 0 Å². The molecule has 1 aromatic rings. The van der Waals surface area contributed by atoms with Gasteiger partial charge in [0.05, 0.1) is 0 Å². The summed E-state index contributed by atoms with van der Waals surface area (Å²) in [5.74, 6) is 0.195. The zero-order valence-electron chi connectivity index (χ0n) is 12.4. The maximum atomic E-state index is 11.3. The molecule has 3 heteroatoms. The van der Waals surface area contributed by atoms with E-state index in [1.54, 1.807) is 0 Å². The molecule has 2 aliphatic rings. The van der Waals surface area contributed by atoms with E-state index >= 15 is 0 Å². The molecule has 1 heterocycles. The molecule has 0 saturated carbocycles. The molecule has 0 spiro atoms. The third kappa shape index (κ3) is 2.59. The first kappa shape index (κ1) is 13.6. The van der Waals surface area contributed by atoms with Crippen molar-refractivity contribution in [2.45, 2.75) is 51.6 Å². The minimum Gasteiger partial charge on any atom is -0.352 e. The highest BCUT2D eigenvalue weighted by Crippen LogP contribution is 2.43. The van der Waals surface area contributed by atoms with Crippen LogP contribution >= 0.6 is 0 Å². The van der Waals surface area contributed by atoms with E-state index in [2.05, 4.69) is 48.7 Å². The Morgan fingerprint density at radius 3 is 2.85 bits per heavy atom. The number of benzene rings is 1. The lowest BCUT2D eigenvalue weighted by Gasteiger charge is -2.41. The average molecular weight is 272 g/mol. The summed E-state index contributed by atoms with van der Waals surface area (Å²) in [6.45, 7) is 5.55. The first-order valence-corrected chi connectivity index (χ1v) is 7.67. The van der Waals surface area contributed by atoms with Crippen molar-refractivity contribution in [2.24, 2.45) is 5.41 Å². The van der Waals surface area contributed by atoms with Gasteiger partial charge in [-0.3, -0.25) is 4.79 Å². The molecule has 3 nitrogen and oxygen atoms in total. The molecule has 1 amide bonds. The normalized spacial score (nSPS) is 28.0. The fraction of sp³-hybridized carbons (Fsp3) is 0.588. The first-order chi connectivity index (χ1) is 9.56. The van der Waals surface area contributed by atoms with Crippen molar-refractivity contribution in [3.63, 3.8) is 0 Å². The van der Waals surface area contributed by atoms with Crippen LogP contribution in [0.2, 0.25) is 0 Å². The van der Waals surface area contributed by atoms with Gasteiger partial charge in [0.15, 0.2) is 0 Å². The van der Waals surface area contributed by atoms with Crippen molar-refractivity contribution in [3.05, 3.63) is 35.4 Å². The second-order valence-corrected chi connectivity index (χ2v) is 6.83. The maximum Gasteiger partial charge on any atom is 0.220 e. The Hall–Kier alpha value is -1.35. The zero-order valence-corrected chi connectivity index (χ0v) is 12.4. The molecule has 1 fully saturated rings. The Bertz CT molecular complexity index is 509. The van der Waals surface area contributed by atoms with Gasteiger partial charge in [0.2, 0.25) is 5.91 Å². The Balaban J connectivity index is 1.74. The molecule has 2 unspecified atom stereocenters. The van der Waals surface area contributed by atoms with Crippen LogP contribution in [0.15, 0.2) is 24.3 Å². The molecule has 0 radical (unpaired) electrons. The van der Waals surface area contributed by atoms with Crippen LogP contribution < -0.4 is 10.6 Å². The lowest BCUT2D eigenvalue weighted by Crippen LogP contribution is -2.43. The fourth-order valence-electron chi connectivity index (χ4n) is 3.54. The monoisotopic (exact) mass is 272 g/mol. The molecule has 20 heavy (non-hydrogen) atoms. The topological polar surface area (TPSA) is 41.1 Å². The highest BCUT2D eigenvalue weighted by atomic mass is 16.1. The van der Waals surface area contributed by atoms with Crippen molar-refractivity contribution in [1.82, 2.24) is 10.6 Å². The van der Waals surface area contributed by atoms with Crippen LogP contribution in [0, 0.1) is 5.41 Å². The van der Waals surface area contributed by atoms with Crippen LogP contribution in [-0.4, -0.2) is 18.5 Å². The number of carbonyl (C=O) groups excluding carboxylic acids is 1. The third-order valence-electron chi connectivity index (χ3n) is 4.84. The van der Waals surface area contributed by atoms with Crippen molar-refractivity contribution in [1.29, 1.82) is 0 Å². The second kappa shape index (κ2) is 5.21. The number of hydrogen-bond donors (Lipinski definition) is 2. The van der Waals surface area contributed by atoms with Crippen LogP contribution in [0.1, 0.15) is 50.3 Å². The maximum absolute atomic E-state index is 11.3. The summed E-state index contributed by atoms with van der Waals surface area (Å²) in [5, 5.41) is 6.76. The number of carbonyl (C=O) groups is 1. The van der Waals surface area contributed by atoms with Gasteiger partial charge in [0, 0.05) is 25.0 Å². The summed E-state index contributed by atoms with van der Waals surface area (Å²) in [7, 11) is 0. The van der Waals surface area contributed by atoms with Gasteiger partial charge in [-0.15, -0.1) is 0 Å². The van der Waals surface area contributed by atoms with E-state index in [9.17, 15) is 4.79 Å². The van der Waals surface area contributed by atoms with Gasteiger partial charge in [-0.2, -0.15) is 0 Å². The summed E-state index contributed by atoms with van der Waals surface area (Å²) < 4.78 is 0. The quantitative estimate of drug-likeness (QED) is 0.888. The lowest BCUT2D eigenvalue weighted by atomic mass is 9.70. The Morgan fingerprint density at radius 1 is 1.30 bits per heavy atom. The Labute approximate surface area is 121 Å². The van der Waals surface area contributed by atoms with Crippen LogP contribution in [0.4, 0.5) is 0 Å². The van der Waals surface area contributed by atoms with Gasteiger partial charge in [-0.05, 0) is 35.8 Å². The number of amides is 1. The van der Waals surface area contributed by atoms with Crippen LogP contribution in [0.25, 0.3) is 0 Å². The fourth-order valence-corrected chi connectivity index (χ4v) is 3.54. The minimum atomic E-state index is 0.195. The van der Waals surface area contributed by atoms with Gasteiger partial charge in [0.25, 0.3) is 0 Å². The summed E-state index contributed by atoms with van der Waals surface area (Å²) in [4.78, 5) is 11.3. The third-order valence-corrected chi connectivity index (χ3v) is 4.84. The number of hydrogen-bond acceptors (Lipinski definition) is 2. The molecule has 1 aliphatic heterocycles. The van der Waals surface area contributed by atoms with E-state index in [4.69, 9.17) is 0 Å². The molecule has 108 valence electrons. The standard InChI is InChI=1S/C17H24N2O/c1-17(2)10-9-12-5-3-4-6-14(12)16(17)18-11-13-7-8-15(20)19-13/h3-6,13,16,18H,7-11H2,1-2H3,(H,19,20). The van der Waals surface area contributed by atoms with Crippen molar-refractivity contribution in [2.75, 3.05) is 6.54 Å². The largest absolute Gasteiger partial charge is 0.352 e. The molecule has 2 N–H and O–H groups in total. The molecule has 2 atom stereocenters. The summed E-state index contributed by atoms with van der Waals surface area (Å²) in [6, 6.07) is 9.44. The van der Waals surface area contributed by atoms with Crippen LogP contribution in [0.3, 0.4) is 0 Å². The molecule has 1 aliphatic carbocycles. The van der Waals surface area contributed by atoms with E-state index in [0.29, 0.717) is 18.5 Å². The molecule has 0 bridgehead atoms. The molecular formula is C17H24N2O. The highest BCUT2D eigenvalue weighted by Gasteiger charge is 2.36. The summed E-state index contributed by atoms with van der Waals surface area (Å²) >= 11 is 0. The van der Waals surface area contributed by atoms with E-state index in [0.717, 1.165) is 13.0 Å². The van der Waals surface area contributed by atoms with Gasteiger partial charge < -0.3 is 10.6 Å². The van der Waals surface area contributed by atoms with E-state index in [1.807, 2.05) is 0 Å². The zero-order chi connectivity index (χ0) is 14.2. The van der Waals surface area contributed by atoms with Gasteiger partial charge >= 0.3 is 0 Å². The molecule has 1 aromatic carbocycles. The number of nitrogens with one attached hydrogen (secondary N) is 2. The smallest absolute Gasteiger partial charge is 0.220 e. The van der Waals surface area contributed by atoms with Crippen LogP contribution in [-0.2, 0) is 11.2 Å². The predicted molar refractivity (Wildman–Crippen MR) is 80.5 cm³/mol. The van der Waals surface area contributed by atoms with Gasteiger partial charge in [-0.25, -0.2) is 0 Å². The van der Waals surface area contributed by atoms with E-state index in [-0.39, 0.29) is 11.3 Å². The first-order valence-electron chi connectivity index (χ1n) is 7.67. The number of fused-ring (bicyclic) bond motifs is 1. The molecule has 0 aromatic heterocycles. The Morgan fingerprint density at radius 2 is 2.10 bits per heavy atom. The minimum absolute atomic E-state index is 0.195.